The first-order valence-electron chi connectivity index (χ1n) is 11.7. The van der Waals surface area contributed by atoms with Gasteiger partial charge in [-0.1, -0.05) is 60.7 Å². The van der Waals surface area contributed by atoms with E-state index in [-0.39, 0.29) is 40.1 Å². The molecule has 3 N–H and O–H groups in total. The van der Waals surface area contributed by atoms with E-state index in [0.29, 0.717) is 17.0 Å². The number of nitrogens with zero attached hydrogens (tertiary/aromatic N) is 3. The lowest BCUT2D eigenvalue weighted by atomic mass is 10.2. The van der Waals surface area contributed by atoms with Gasteiger partial charge in [-0.05, 0) is 42.0 Å². The average Bonchev–Trinajstić information content (AvgIpc) is 2.96. The lowest BCUT2D eigenvalue weighted by Crippen LogP contribution is -2.34. The van der Waals surface area contributed by atoms with Crippen LogP contribution in [0.2, 0.25) is 0 Å². The molecular formula is C27H25N5O5S2. The first-order chi connectivity index (χ1) is 18.8. The van der Waals surface area contributed by atoms with Crippen LogP contribution in [0, 0.1) is 0 Å². The van der Waals surface area contributed by atoms with Crippen molar-refractivity contribution >= 4 is 44.6 Å². The highest BCUT2D eigenvalue weighted by Gasteiger charge is 2.30. The van der Waals surface area contributed by atoms with Gasteiger partial charge in [0.1, 0.15) is 16.6 Å². The SMILES string of the molecule is COc1ccc(S(=O)(=O)N(Cc2ccccc2)c2nc(CC(=O)Nc3ccccc3)ncc2C(=S)NO)cc1. The fraction of sp³-hybridized carbons (Fsp3) is 0.111. The molecule has 39 heavy (non-hydrogen) atoms. The number of benzene rings is 3. The topological polar surface area (TPSA) is 134 Å². The third-order valence-corrected chi connectivity index (χ3v) is 7.65. The van der Waals surface area contributed by atoms with Gasteiger partial charge in [0.15, 0.2) is 5.82 Å². The summed E-state index contributed by atoms with van der Waals surface area (Å²) >= 11 is 5.22. The molecule has 1 amide bonds. The van der Waals surface area contributed by atoms with E-state index in [0.717, 1.165) is 4.31 Å². The number of hydrogen-bond acceptors (Lipinski definition) is 8. The van der Waals surface area contributed by atoms with Crippen LogP contribution < -0.4 is 19.8 Å². The molecule has 0 spiro atoms. The summed E-state index contributed by atoms with van der Waals surface area (Å²) in [6.45, 7) is -0.108. The molecule has 200 valence electrons. The predicted octanol–water partition coefficient (Wildman–Crippen LogP) is 3.72. The number of amides is 1. The summed E-state index contributed by atoms with van der Waals surface area (Å²) < 4.78 is 34.2. The maximum absolute atomic E-state index is 14.0. The van der Waals surface area contributed by atoms with Crippen molar-refractivity contribution in [2.24, 2.45) is 0 Å². The van der Waals surface area contributed by atoms with Crippen molar-refractivity contribution in [1.29, 1.82) is 0 Å². The van der Waals surface area contributed by atoms with Crippen LogP contribution in [-0.4, -0.2) is 41.6 Å². The van der Waals surface area contributed by atoms with E-state index in [2.05, 4.69) is 15.3 Å². The molecule has 0 saturated carbocycles. The Balaban J connectivity index is 1.79. The van der Waals surface area contributed by atoms with Crippen molar-refractivity contribution in [1.82, 2.24) is 15.4 Å². The van der Waals surface area contributed by atoms with E-state index in [4.69, 9.17) is 17.0 Å². The smallest absolute Gasteiger partial charge is 0.265 e. The minimum Gasteiger partial charge on any atom is -0.497 e. The summed E-state index contributed by atoms with van der Waals surface area (Å²) in [5.41, 5.74) is 3.20. The molecule has 0 fully saturated rings. The number of sulfonamides is 1. The van der Waals surface area contributed by atoms with Gasteiger partial charge in [0.2, 0.25) is 5.91 Å². The molecule has 0 aliphatic heterocycles. The van der Waals surface area contributed by atoms with E-state index in [1.165, 1.54) is 37.6 Å². The highest BCUT2D eigenvalue weighted by molar-refractivity contribution is 7.92. The van der Waals surface area contributed by atoms with Gasteiger partial charge in [-0.15, -0.1) is 0 Å². The van der Waals surface area contributed by atoms with E-state index < -0.39 is 15.9 Å². The second-order valence-electron chi connectivity index (χ2n) is 8.23. The van der Waals surface area contributed by atoms with Gasteiger partial charge in [-0.3, -0.25) is 15.5 Å². The first kappa shape index (κ1) is 27.6. The van der Waals surface area contributed by atoms with Crippen molar-refractivity contribution in [3.63, 3.8) is 0 Å². The molecule has 0 aliphatic carbocycles. The highest BCUT2D eigenvalue weighted by atomic mass is 32.2. The van der Waals surface area contributed by atoms with E-state index >= 15 is 0 Å². The zero-order valence-electron chi connectivity index (χ0n) is 20.8. The third-order valence-electron chi connectivity index (χ3n) is 5.59. The lowest BCUT2D eigenvalue weighted by Gasteiger charge is -2.26. The highest BCUT2D eigenvalue weighted by Crippen LogP contribution is 2.29. The maximum Gasteiger partial charge on any atom is 0.265 e. The molecule has 0 aliphatic rings. The molecule has 4 aromatic rings. The third kappa shape index (κ3) is 6.74. The van der Waals surface area contributed by atoms with Crippen LogP contribution in [0.1, 0.15) is 17.0 Å². The number of hydrogen-bond donors (Lipinski definition) is 3. The molecule has 1 heterocycles. The molecule has 0 bridgehead atoms. The Labute approximate surface area is 231 Å². The Bertz CT molecular complexity index is 1550. The van der Waals surface area contributed by atoms with Gasteiger partial charge < -0.3 is 10.1 Å². The first-order valence-corrected chi connectivity index (χ1v) is 13.5. The Kier molecular flexibility index (Phi) is 8.81. The minimum atomic E-state index is -4.22. The van der Waals surface area contributed by atoms with Crippen molar-refractivity contribution in [2.75, 3.05) is 16.7 Å². The molecule has 0 atom stereocenters. The average molecular weight is 564 g/mol. The van der Waals surface area contributed by atoms with Crippen molar-refractivity contribution in [3.05, 3.63) is 108 Å². The van der Waals surface area contributed by atoms with Crippen LogP contribution in [-0.2, 0) is 27.8 Å². The number of aromatic nitrogens is 2. The summed E-state index contributed by atoms with van der Waals surface area (Å²) in [7, 11) is -2.73. The molecule has 0 radical (unpaired) electrons. The molecule has 0 saturated heterocycles. The standard InChI is InChI=1S/C27H25N5O5S2/c1-37-21-12-14-22(15-13-21)39(35,36)32(18-19-8-4-2-5-9-19)26-23(27(38)31-34)17-28-24(30-26)16-25(33)29-20-10-6-3-7-11-20/h2-15,17,34H,16,18H2,1H3,(H,29,33)(H,31,38). The predicted molar refractivity (Wildman–Crippen MR) is 150 cm³/mol. The number of anilines is 2. The molecule has 3 aromatic carbocycles. The number of hydroxylamine groups is 1. The number of rotatable bonds is 10. The second kappa shape index (κ2) is 12.4. The van der Waals surface area contributed by atoms with Crippen LogP contribution >= 0.6 is 12.2 Å². The van der Waals surface area contributed by atoms with Gasteiger partial charge in [0.25, 0.3) is 10.0 Å². The molecular weight excluding hydrogens is 538 g/mol. The summed E-state index contributed by atoms with van der Waals surface area (Å²) in [5.74, 6) is 0.0590. The fourth-order valence-electron chi connectivity index (χ4n) is 3.67. The van der Waals surface area contributed by atoms with Crippen molar-refractivity contribution in [2.45, 2.75) is 17.9 Å². The minimum absolute atomic E-state index is 0.0185. The molecule has 12 heteroatoms. The number of carbonyl (C=O) groups is 1. The Morgan fingerprint density at radius 3 is 2.26 bits per heavy atom. The van der Waals surface area contributed by atoms with E-state index in [1.807, 2.05) is 17.6 Å². The molecule has 0 unspecified atom stereocenters. The van der Waals surface area contributed by atoms with E-state index in [9.17, 15) is 18.4 Å². The summed E-state index contributed by atoms with van der Waals surface area (Å²) in [4.78, 5) is 21.2. The van der Waals surface area contributed by atoms with Crippen LogP contribution in [0.25, 0.3) is 0 Å². The van der Waals surface area contributed by atoms with Crippen LogP contribution in [0.4, 0.5) is 11.5 Å². The van der Waals surface area contributed by atoms with Crippen molar-refractivity contribution < 1.29 is 23.2 Å². The quantitative estimate of drug-likeness (QED) is 0.195. The van der Waals surface area contributed by atoms with Crippen LogP contribution in [0.5, 0.6) is 5.75 Å². The number of carbonyl (C=O) groups excluding carboxylic acids is 1. The number of methoxy groups -OCH3 is 1. The fourth-order valence-corrected chi connectivity index (χ4v) is 5.24. The Morgan fingerprint density at radius 2 is 1.64 bits per heavy atom. The second-order valence-corrected chi connectivity index (χ2v) is 10.5. The summed E-state index contributed by atoms with van der Waals surface area (Å²) in [6.07, 6.45) is 1.05. The summed E-state index contributed by atoms with van der Waals surface area (Å²) in [5, 5.41) is 12.3. The number of thiocarbonyl (C=S) groups is 1. The van der Waals surface area contributed by atoms with Gasteiger partial charge in [0.05, 0.1) is 30.5 Å². The van der Waals surface area contributed by atoms with Gasteiger partial charge in [-0.25, -0.2) is 22.7 Å². The number of ether oxygens (including phenoxy) is 1. The maximum atomic E-state index is 14.0. The van der Waals surface area contributed by atoms with E-state index in [1.54, 1.807) is 48.5 Å². The lowest BCUT2D eigenvalue weighted by molar-refractivity contribution is -0.115. The zero-order valence-corrected chi connectivity index (χ0v) is 22.4. The van der Waals surface area contributed by atoms with Gasteiger partial charge in [0, 0.05) is 11.9 Å². The Hall–Kier alpha value is -4.39. The number of nitrogens with one attached hydrogen (secondary N) is 2. The normalized spacial score (nSPS) is 10.9. The largest absolute Gasteiger partial charge is 0.497 e. The Morgan fingerprint density at radius 1 is 1.00 bits per heavy atom. The van der Waals surface area contributed by atoms with Crippen molar-refractivity contribution in [3.8, 4) is 5.75 Å². The van der Waals surface area contributed by atoms with Crippen LogP contribution in [0.15, 0.2) is 96.0 Å². The zero-order chi connectivity index (χ0) is 27.8. The van der Waals surface area contributed by atoms with Gasteiger partial charge >= 0.3 is 0 Å². The number of para-hydroxylation sites is 1. The molecule has 10 nitrogen and oxygen atoms in total. The van der Waals surface area contributed by atoms with Gasteiger partial charge in [-0.2, -0.15) is 0 Å². The molecule has 4 rings (SSSR count). The molecule has 1 aromatic heterocycles. The monoisotopic (exact) mass is 563 g/mol. The van der Waals surface area contributed by atoms with Crippen LogP contribution in [0.3, 0.4) is 0 Å². The summed E-state index contributed by atoms with van der Waals surface area (Å²) in [6, 6.07) is 23.7.